The first-order valence-electron chi connectivity index (χ1n) is 10.6. The zero-order chi connectivity index (χ0) is 23.4. The minimum Gasteiger partial charge on any atom is -0.434 e. The van der Waals surface area contributed by atoms with Gasteiger partial charge in [-0.15, -0.1) is 0 Å². The summed E-state index contributed by atoms with van der Waals surface area (Å²) in [7, 11) is 0. The number of nitrogens with two attached hydrogens (primary N) is 1. The summed E-state index contributed by atoms with van der Waals surface area (Å²) in [6, 6.07) is 14.0. The highest BCUT2D eigenvalue weighted by atomic mass is 19.1. The summed E-state index contributed by atoms with van der Waals surface area (Å²) in [5.41, 5.74) is 6.85. The van der Waals surface area contributed by atoms with Gasteiger partial charge in [-0.3, -0.25) is 14.5 Å². The number of hydrogen-bond donors (Lipinski definition) is 1. The SMILES string of the molecule is NC(=O)[C@H]1CN(c2ccc(N3CCN(C(=O)COCc4ccccc4)CC3)c(F)c2)C(=O)O1. The van der Waals surface area contributed by atoms with Crippen LogP contribution in [0, 0.1) is 5.82 Å². The van der Waals surface area contributed by atoms with Crippen molar-refractivity contribution in [3.05, 3.63) is 59.9 Å². The minimum atomic E-state index is -1.05. The van der Waals surface area contributed by atoms with E-state index in [2.05, 4.69) is 0 Å². The largest absolute Gasteiger partial charge is 0.434 e. The summed E-state index contributed by atoms with van der Waals surface area (Å²) in [6.07, 6.45) is -1.80. The highest BCUT2D eigenvalue weighted by molar-refractivity contribution is 5.95. The molecule has 0 bridgehead atoms. The second kappa shape index (κ2) is 9.86. The number of amides is 3. The van der Waals surface area contributed by atoms with E-state index in [-0.39, 0.29) is 24.7 Å². The smallest absolute Gasteiger partial charge is 0.415 e. The van der Waals surface area contributed by atoms with Crippen LogP contribution in [0.1, 0.15) is 5.56 Å². The quantitative estimate of drug-likeness (QED) is 0.677. The summed E-state index contributed by atoms with van der Waals surface area (Å²) >= 11 is 0. The lowest BCUT2D eigenvalue weighted by Gasteiger charge is -2.36. The Morgan fingerprint density at radius 1 is 1.09 bits per heavy atom. The Morgan fingerprint density at radius 2 is 1.82 bits per heavy atom. The molecule has 2 heterocycles. The minimum absolute atomic E-state index is 0.00379. The molecule has 2 aromatic carbocycles. The third kappa shape index (κ3) is 5.23. The molecule has 2 N–H and O–H groups in total. The fourth-order valence-corrected chi connectivity index (χ4v) is 3.86. The zero-order valence-corrected chi connectivity index (χ0v) is 18.0. The van der Waals surface area contributed by atoms with E-state index in [0.717, 1.165) is 5.56 Å². The van der Waals surface area contributed by atoms with Crippen LogP contribution in [-0.2, 0) is 25.7 Å². The molecule has 0 spiro atoms. The van der Waals surface area contributed by atoms with Gasteiger partial charge in [-0.1, -0.05) is 30.3 Å². The number of carbonyl (C=O) groups is 3. The fraction of sp³-hybridized carbons (Fsp3) is 0.348. The van der Waals surface area contributed by atoms with Crippen LogP contribution in [0.25, 0.3) is 0 Å². The monoisotopic (exact) mass is 456 g/mol. The molecule has 3 amide bonds. The number of cyclic esters (lactones) is 1. The van der Waals surface area contributed by atoms with Crippen molar-refractivity contribution >= 4 is 29.3 Å². The van der Waals surface area contributed by atoms with Crippen molar-refractivity contribution in [3.63, 3.8) is 0 Å². The van der Waals surface area contributed by atoms with Crippen LogP contribution in [0.15, 0.2) is 48.5 Å². The topological polar surface area (TPSA) is 105 Å². The Hall–Kier alpha value is -3.66. The molecule has 1 atom stereocenters. The molecule has 4 rings (SSSR count). The van der Waals surface area contributed by atoms with E-state index in [9.17, 15) is 18.8 Å². The van der Waals surface area contributed by atoms with Gasteiger partial charge in [-0.25, -0.2) is 9.18 Å². The molecule has 2 aliphatic heterocycles. The van der Waals surface area contributed by atoms with Gasteiger partial charge in [0.25, 0.3) is 5.91 Å². The number of nitrogens with zero attached hydrogens (tertiary/aromatic N) is 3. The van der Waals surface area contributed by atoms with Crippen molar-refractivity contribution < 1.29 is 28.2 Å². The number of benzene rings is 2. The molecule has 33 heavy (non-hydrogen) atoms. The first-order valence-corrected chi connectivity index (χ1v) is 10.6. The van der Waals surface area contributed by atoms with E-state index in [0.29, 0.717) is 38.5 Å². The van der Waals surface area contributed by atoms with E-state index in [1.807, 2.05) is 35.2 Å². The zero-order valence-electron chi connectivity index (χ0n) is 18.0. The lowest BCUT2D eigenvalue weighted by atomic mass is 10.2. The van der Waals surface area contributed by atoms with Gasteiger partial charge in [-0.2, -0.15) is 0 Å². The van der Waals surface area contributed by atoms with Crippen LogP contribution in [0.3, 0.4) is 0 Å². The van der Waals surface area contributed by atoms with E-state index in [1.54, 1.807) is 17.0 Å². The average molecular weight is 456 g/mol. The molecule has 0 aliphatic carbocycles. The maximum absolute atomic E-state index is 14.8. The van der Waals surface area contributed by atoms with Crippen LogP contribution < -0.4 is 15.5 Å². The summed E-state index contributed by atoms with van der Waals surface area (Å²) in [5.74, 6) is -1.35. The predicted molar refractivity (Wildman–Crippen MR) is 118 cm³/mol. The van der Waals surface area contributed by atoms with Crippen LogP contribution >= 0.6 is 0 Å². The predicted octanol–water partition coefficient (Wildman–Crippen LogP) is 1.50. The van der Waals surface area contributed by atoms with Gasteiger partial charge in [-0.05, 0) is 23.8 Å². The molecule has 2 saturated heterocycles. The van der Waals surface area contributed by atoms with Gasteiger partial charge in [0.05, 0.1) is 24.5 Å². The number of ether oxygens (including phenoxy) is 2. The van der Waals surface area contributed by atoms with E-state index >= 15 is 0 Å². The van der Waals surface area contributed by atoms with Gasteiger partial charge in [0.15, 0.2) is 6.10 Å². The van der Waals surface area contributed by atoms with Gasteiger partial charge in [0, 0.05) is 26.2 Å². The van der Waals surface area contributed by atoms with Crippen molar-refractivity contribution in [3.8, 4) is 0 Å². The van der Waals surface area contributed by atoms with Gasteiger partial charge >= 0.3 is 6.09 Å². The molecular formula is C23H25FN4O5. The van der Waals surface area contributed by atoms with Crippen LogP contribution in [-0.4, -0.2) is 68.2 Å². The Kier molecular flexibility index (Phi) is 6.74. The van der Waals surface area contributed by atoms with Crippen molar-refractivity contribution in [2.24, 2.45) is 5.73 Å². The Labute approximate surface area is 190 Å². The van der Waals surface area contributed by atoms with Gasteiger partial charge < -0.3 is 25.0 Å². The third-order valence-corrected chi connectivity index (χ3v) is 5.68. The highest BCUT2D eigenvalue weighted by Crippen LogP contribution is 2.28. The first kappa shape index (κ1) is 22.5. The number of carbonyl (C=O) groups excluding carboxylic acids is 3. The molecule has 0 unspecified atom stereocenters. The van der Waals surface area contributed by atoms with Crippen molar-refractivity contribution in [1.82, 2.24) is 4.90 Å². The number of halogens is 1. The molecular weight excluding hydrogens is 431 g/mol. The summed E-state index contributed by atoms with van der Waals surface area (Å²) in [6.45, 7) is 2.15. The maximum atomic E-state index is 14.8. The van der Waals surface area contributed by atoms with Crippen molar-refractivity contribution in [2.45, 2.75) is 12.7 Å². The number of rotatable bonds is 7. The lowest BCUT2D eigenvalue weighted by Crippen LogP contribution is -2.50. The van der Waals surface area contributed by atoms with Crippen LogP contribution in [0.2, 0.25) is 0 Å². The van der Waals surface area contributed by atoms with Gasteiger partial charge in [0.2, 0.25) is 5.91 Å². The van der Waals surface area contributed by atoms with E-state index < -0.39 is 23.9 Å². The molecule has 2 fully saturated rings. The summed E-state index contributed by atoms with van der Waals surface area (Å²) < 4.78 is 25.3. The Morgan fingerprint density at radius 3 is 2.45 bits per heavy atom. The van der Waals surface area contributed by atoms with E-state index in [4.69, 9.17) is 15.2 Å². The first-order chi connectivity index (χ1) is 15.9. The second-order valence-electron chi connectivity index (χ2n) is 7.87. The van der Waals surface area contributed by atoms with Crippen LogP contribution in [0.5, 0.6) is 0 Å². The number of anilines is 2. The number of hydrogen-bond acceptors (Lipinski definition) is 6. The second-order valence-corrected chi connectivity index (χ2v) is 7.87. The molecule has 9 nitrogen and oxygen atoms in total. The molecule has 2 aromatic rings. The van der Waals surface area contributed by atoms with Crippen molar-refractivity contribution in [1.29, 1.82) is 0 Å². The molecule has 0 radical (unpaired) electrons. The summed E-state index contributed by atoms with van der Waals surface area (Å²) in [5, 5.41) is 0. The normalized spacial score (nSPS) is 18.4. The highest BCUT2D eigenvalue weighted by Gasteiger charge is 2.36. The Bertz CT molecular complexity index is 1030. The number of piperazine rings is 1. The average Bonchev–Trinajstić information content (AvgIpc) is 3.22. The summed E-state index contributed by atoms with van der Waals surface area (Å²) in [4.78, 5) is 40.4. The molecule has 174 valence electrons. The molecule has 10 heteroatoms. The fourth-order valence-electron chi connectivity index (χ4n) is 3.86. The lowest BCUT2D eigenvalue weighted by molar-refractivity contribution is -0.136. The number of primary amides is 1. The standard InChI is InChI=1S/C23H25FN4O5/c24-18-12-17(28-13-20(22(25)30)33-23(28)31)6-7-19(18)26-8-10-27(11-9-26)21(29)15-32-14-16-4-2-1-3-5-16/h1-7,12,20H,8-11,13-15H2,(H2,25,30)/t20-/m1/s1. The van der Waals surface area contributed by atoms with Crippen LogP contribution in [0.4, 0.5) is 20.6 Å². The van der Waals surface area contributed by atoms with E-state index in [1.165, 1.54) is 11.0 Å². The molecule has 2 aliphatic rings. The molecule has 0 saturated carbocycles. The maximum Gasteiger partial charge on any atom is 0.415 e. The third-order valence-electron chi connectivity index (χ3n) is 5.68. The van der Waals surface area contributed by atoms with Gasteiger partial charge in [0.1, 0.15) is 12.4 Å². The van der Waals surface area contributed by atoms with Crippen molar-refractivity contribution in [2.75, 3.05) is 49.1 Å². The molecule has 0 aromatic heterocycles. The Balaban J connectivity index is 1.29.